The average Bonchev–Trinajstić information content (AvgIpc) is 2.99. The third-order valence-corrected chi connectivity index (χ3v) is 5.55. The molecular weight excluding hydrogens is 240 g/mol. The van der Waals surface area contributed by atoms with Crippen LogP contribution in [0.1, 0.15) is 43.0 Å². The van der Waals surface area contributed by atoms with E-state index in [1.165, 1.54) is 58.3 Å². The summed E-state index contributed by atoms with van der Waals surface area (Å²) in [4.78, 5) is 4.26. The molecule has 0 amide bonds. The SMILES string of the molecule is CCc1ccsc1CN1CCNC2(CCCC2)C1. The molecule has 100 valence electrons. The summed E-state index contributed by atoms with van der Waals surface area (Å²) in [6, 6.07) is 2.30. The second-order valence-corrected chi connectivity index (χ2v) is 6.85. The van der Waals surface area contributed by atoms with E-state index in [0.29, 0.717) is 5.54 Å². The van der Waals surface area contributed by atoms with Crippen LogP contribution in [-0.2, 0) is 13.0 Å². The third-order valence-electron chi connectivity index (χ3n) is 4.60. The molecule has 2 nitrogen and oxygen atoms in total. The summed E-state index contributed by atoms with van der Waals surface area (Å²) in [6.45, 7) is 7.08. The van der Waals surface area contributed by atoms with Crippen molar-refractivity contribution in [3.63, 3.8) is 0 Å². The zero-order valence-electron chi connectivity index (χ0n) is 11.4. The van der Waals surface area contributed by atoms with Crippen LogP contribution in [-0.4, -0.2) is 30.1 Å². The maximum absolute atomic E-state index is 3.79. The number of hydrogen-bond acceptors (Lipinski definition) is 3. The lowest BCUT2D eigenvalue weighted by Crippen LogP contribution is -2.58. The summed E-state index contributed by atoms with van der Waals surface area (Å²) in [7, 11) is 0. The van der Waals surface area contributed by atoms with E-state index in [2.05, 4.69) is 28.6 Å². The number of rotatable bonds is 3. The van der Waals surface area contributed by atoms with Gasteiger partial charge < -0.3 is 5.32 Å². The Morgan fingerprint density at radius 2 is 2.22 bits per heavy atom. The van der Waals surface area contributed by atoms with Gasteiger partial charge in [0, 0.05) is 36.6 Å². The highest BCUT2D eigenvalue weighted by molar-refractivity contribution is 7.10. The Balaban J connectivity index is 1.66. The lowest BCUT2D eigenvalue weighted by molar-refractivity contribution is 0.129. The summed E-state index contributed by atoms with van der Waals surface area (Å²) < 4.78 is 0. The van der Waals surface area contributed by atoms with E-state index >= 15 is 0 Å². The Bertz CT molecular complexity index is 393. The molecular formula is C15H24N2S. The molecule has 0 aromatic carbocycles. The molecule has 0 radical (unpaired) electrons. The molecule has 3 heteroatoms. The summed E-state index contributed by atoms with van der Waals surface area (Å²) in [5.74, 6) is 0. The predicted molar refractivity (Wildman–Crippen MR) is 78.2 cm³/mol. The first-order chi connectivity index (χ1) is 8.81. The molecule has 18 heavy (non-hydrogen) atoms. The van der Waals surface area contributed by atoms with Crippen LogP contribution in [0.3, 0.4) is 0 Å². The maximum Gasteiger partial charge on any atom is 0.0332 e. The Hall–Kier alpha value is -0.380. The van der Waals surface area contributed by atoms with E-state index < -0.39 is 0 Å². The highest BCUT2D eigenvalue weighted by Crippen LogP contribution is 2.32. The molecule has 1 aromatic rings. The molecule has 2 aliphatic rings. The fourth-order valence-electron chi connectivity index (χ4n) is 3.59. The predicted octanol–water partition coefficient (Wildman–Crippen LogP) is 3.03. The van der Waals surface area contributed by atoms with Gasteiger partial charge in [0.05, 0.1) is 0 Å². The fraction of sp³-hybridized carbons (Fsp3) is 0.733. The van der Waals surface area contributed by atoms with Crippen molar-refractivity contribution in [1.82, 2.24) is 10.2 Å². The molecule has 0 atom stereocenters. The van der Waals surface area contributed by atoms with Crippen molar-refractivity contribution in [2.75, 3.05) is 19.6 Å². The summed E-state index contributed by atoms with van der Waals surface area (Å²) >= 11 is 1.94. The molecule has 0 unspecified atom stereocenters. The summed E-state index contributed by atoms with van der Waals surface area (Å²) in [5, 5.41) is 6.05. The topological polar surface area (TPSA) is 15.3 Å². The summed E-state index contributed by atoms with van der Waals surface area (Å²) in [5.41, 5.74) is 2.01. The number of thiophene rings is 1. The number of hydrogen-bond donors (Lipinski definition) is 1. The minimum absolute atomic E-state index is 0.460. The maximum atomic E-state index is 3.79. The normalized spacial score (nSPS) is 23.8. The van der Waals surface area contributed by atoms with Crippen molar-refractivity contribution in [2.24, 2.45) is 0 Å². The van der Waals surface area contributed by atoms with E-state index in [4.69, 9.17) is 0 Å². The van der Waals surface area contributed by atoms with Crippen molar-refractivity contribution in [2.45, 2.75) is 51.1 Å². The number of nitrogens with one attached hydrogen (secondary N) is 1. The van der Waals surface area contributed by atoms with E-state index in [1.807, 2.05) is 11.3 Å². The Morgan fingerprint density at radius 1 is 1.39 bits per heavy atom. The van der Waals surface area contributed by atoms with Gasteiger partial charge in [-0.2, -0.15) is 0 Å². The largest absolute Gasteiger partial charge is 0.309 e. The fourth-order valence-corrected chi connectivity index (χ4v) is 4.61. The van der Waals surface area contributed by atoms with Crippen LogP contribution in [0.4, 0.5) is 0 Å². The third kappa shape index (κ3) is 2.49. The number of aryl methyl sites for hydroxylation is 1. The van der Waals surface area contributed by atoms with E-state index in [0.717, 1.165) is 0 Å². The van der Waals surface area contributed by atoms with E-state index in [9.17, 15) is 0 Å². The molecule has 3 rings (SSSR count). The second kappa shape index (κ2) is 5.32. The molecule has 1 saturated carbocycles. The van der Waals surface area contributed by atoms with Crippen molar-refractivity contribution in [1.29, 1.82) is 0 Å². The van der Waals surface area contributed by atoms with Gasteiger partial charge in [0.25, 0.3) is 0 Å². The van der Waals surface area contributed by atoms with Gasteiger partial charge in [0.1, 0.15) is 0 Å². The molecule has 1 N–H and O–H groups in total. The Labute approximate surface area is 114 Å². The second-order valence-electron chi connectivity index (χ2n) is 5.85. The van der Waals surface area contributed by atoms with Gasteiger partial charge in [0.2, 0.25) is 0 Å². The van der Waals surface area contributed by atoms with Gasteiger partial charge in [0.15, 0.2) is 0 Å². The van der Waals surface area contributed by atoms with Gasteiger partial charge in [-0.3, -0.25) is 4.90 Å². The lowest BCUT2D eigenvalue weighted by Gasteiger charge is -2.41. The Kier molecular flexibility index (Phi) is 3.73. The van der Waals surface area contributed by atoms with Crippen LogP contribution in [0.2, 0.25) is 0 Å². The standard InChI is InChI=1S/C15H24N2S/c1-2-13-5-10-18-14(13)11-17-9-8-16-15(12-17)6-3-4-7-15/h5,10,16H,2-4,6-9,11-12H2,1H3. The van der Waals surface area contributed by atoms with Gasteiger partial charge in [-0.15, -0.1) is 11.3 Å². The van der Waals surface area contributed by atoms with E-state index in [1.54, 1.807) is 10.4 Å². The Morgan fingerprint density at radius 3 is 3.00 bits per heavy atom. The van der Waals surface area contributed by atoms with E-state index in [-0.39, 0.29) is 0 Å². The van der Waals surface area contributed by atoms with Gasteiger partial charge in [-0.1, -0.05) is 19.8 Å². The van der Waals surface area contributed by atoms with Gasteiger partial charge in [-0.25, -0.2) is 0 Å². The van der Waals surface area contributed by atoms with Crippen LogP contribution >= 0.6 is 11.3 Å². The van der Waals surface area contributed by atoms with Crippen molar-refractivity contribution in [3.05, 3.63) is 21.9 Å². The van der Waals surface area contributed by atoms with Crippen molar-refractivity contribution in [3.8, 4) is 0 Å². The molecule has 1 aliphatic carbocycles. The highest BCUT2D eigenvalue weighted by atomic mass is 32.1. The first-order valence-electron chi connectivity index (χ1n) is 7.34. The zero-order valence-corrected chi connectivity index (χ0v) is 12.2. The highest BCUT2D eigenvalue weighted by Gasteiger charge is 2.37. The molecule has 2 heterocycles. The minimum Gasteiger partial charge on any atom is -0.309 e. The molecule has 1 aromatic heterocycles. The van der Waals surface area contributed by atoms with Gasteiger partial charge in [-0.05, 0) is 36.3 Å². The first kappa shape index (κ1) is 12.6. The molecule has 1 spiro atoms. The monoisotopic (exact) mass is 264 g/mol. The van der Waals surface area contributed by atoms with Crippen LogP contribution in [0.25, 0.3) is 0 Å². The van der Waals surface area contributed by atoms with Crippen LogP contribution in [0, 0.1) is 0 Å². The smallest absolute Gasteiger partial charge is 0.0332 e. The zero-order chi connectivity index (χ0) is 12.4. The number of nitrogens with zero attached hydrogens (tertiary/aromatic N) is 1. The molecule has 2 fully saturated rings. The molecule has 1 aliphatic heterocycles. The minimum atomic E-state index is 0.460. The van der Waals surface area contributed by atoms with Crippen molar-refractivity contribution < 1.29 is 0 Å². The van der Waals surface area contributed by atoms with Crippen molar-refractivity contribution >= 4 is 11.3 Å². The first-order valence-corrected chi connectivity index (χ1v) is 8.22. The van der Waals surface area contributed by atoms with Crippen LogP contribution < -0.4 is 5.32 Å². The van der Waals surface area contributed by atoms with Crippen LogP contribution in [0.5, 0.6) is 0 Å². The quantitative estimate of drug-likeness (QED) is 0.903. The average molecular weight is 264 g/mol. The lowest BCUT2D eigenvalue weighted by atomic mass is 9.94. The number of piperazine rings is 1. The van der Waals surface area contributed by atoms with Gasteiger partial charge >= 0.3 is 0 Å². The molecule has 1 saturated heterocycles. The summed E-state index contributed by atoms with van der Waals surface area (Å²) in [6.07, 6.45) is 6.78. The molecule has 0 bridgehead atoms. The van der Waals surface area contributed by atoms with Crippen LogP contribution in [0.15, 0.2) is 11.4 Å².